The Morgan fingerprint density at radius 1 is 1.27 bits per heavy atom. The Balaban J connectivity index is 0.000000479. The van der Waals surface area contributed by atoms with Crippen molar-refractivity contribution in [3.8, 4) is 0 Å². The van der Waals surface area contributed by atoms with Crippen LogP contribution in [0.3, 0.4) is 0 Å². The Kier molecular flexibility index (Phi) is 9.81. The van der Waals surface area contributed by atoms with Gasteiger partial charge in [0.25, 0.3) is 5.91 Å². The molecule has 0 atom stereocenters. The van der Waals surface area contributed by atoms with Gasteiger partial charge in [0.2, 0.25) is 0 Å². The standard InChI is InChI=1S/C19H21BrClN3O2.C2HF3O2/c1-2-10-22-13-8-11-24(12-9-13)18-14(21)4-3-5-15(18)23-19(25)16-6-7-17(20)26-16;3-2(4,5)1(6)7/h2-7,13,22H,1,8-12H2,(H,23,25);(H,6,7). The van der Waals surface area contributed by atoms with Crippen LogP contribution in [0, 0.1) is 0 Å². The lowest BCUT2D eigenvalue weighted by Crippen LogP contribution is -2.43. The zero-order valence-corrected chi connectivity index (χ0v) is 19.6. The third kappa shape index (κ3) is 8.09. The minimum atomic E-state index is -5.08. The van der Waals surface area contributed by atoms with Gasteiger partial charge in [-0.2, -0.15) is 13.2 Å². The summed E-state index contributed by atoms with van der Waals surface area (Å²) in [6, 6.07) is 9.33. The first-order valence-corrected chi connectivity index (χ1v) is 10.9. The molecule has 1 amide bonds. The lowest BCUT2D eigenvalue weighted by molar-refractivity contribution is -0.192. The van der Waals surface area contributed by atoms with E-state index in [4.69, 9.17) is 25.9 Å². The number of para-hydroxylation sites is 1. The minimum absolute atomic E-state index is 0.245. The normalized spacial score (nSPS) is 14.3. The molecule has 1 saturated heterocycles. The van der Waals surface area contributed by atoms with Crippen LogP contribution < -0.4 is 15.5 Å². The highest BCUT2D eigenvalue weighted by molar-refractivity contribution is 9.10. The van der Waals surface area contributed by atoms with Gasteiger partial charge in [0.1, 0.15) is 0 Å². The first kappa shape index (κ1) is 26.7. The molecular weight excluding hydrogens is 531 g/mol. The van der Waals surface area contributed by atoms with Gasteiger partial charge in [0.05, 0.1) is 16.4 Å². The number of furan rings is 1. The van der Waals surface area contributed by atoms with Crippen LogP contribution in [-0.4, -0.2) is 48.8 Å². The predicted octanol–water partition coefficient (Wildman–Crippen LogP) is 5.33. The average Bonchev–Trinajstić information content (AvgIpc) is 3.19. The molecule has 1 aliphatic heterocycles. The van der Waals surface area contributed by atoms with Crippen molar-refractivity contribution in [2.24, 2.45) is 0 Å². The van der Waals surface area contributed by atoms with Crippen molar-refractivity contribution in [2.45, 2.75) is 25.1 Å². The molecule has 1 fully saturated rings. The van der Waals surface area contributed by atoms with Crippen LogP contribution >= 0.6 is 27.5 Å². The SMILES string of the molecule is C=CCNC1CCN(c2c(Cl)cccc2NC(=O)c2ccc(Br)o2)CC1.O=C(O)C(F)(F)F. The van der Waals surface area contributed by atoms with Crippen LogP contribution in [0.15, 0.2) is 52.1 Å². The number of hydrogen-bond donors (Lipinski definition) is 3. The van der Waals surface area contributed by atoms with Gasteiger partial charge >= 0.3 is 12.1 Å². The van der Waals surface area contributed by atoms with Gasteiger partial charge < -0.3 is 25.1 Å². The van der Waals surface area contributed by atoms with Crippen molar-refractivity contribution in [3.05, 3.63) is 58.4 Å². The number of anilines is 2. The third-order valence-corrected chi connectivity index (χ3v) is 5.37. The zero-order chi connectivity index (χ0) is 24.6. The maximum atomic E-state index is 12.4. The number of carboxylic acids is 1. The highest BCUT2D eigenvalue weighted by Gasteiger charge is 2.38. The van der Waals surface area contributed by atoms with E-state index in [1.54, 1.807) is 12.1 Å². The van der Waals surface area contributed by atoms with Crippen LogP contribution in [0.2, 0.25) is 5.02 Å². The van der Waals surface area contributed by atoms with Crippen molar-refractivity contribution in [2.75, 3.05) is 29.9 Å². The van der Waals surface area contributed by atoms with E-state index in [-0.39, 0.29) is 11.7 Å². The highest BCUT2D eigenvalue weighted by atomic mass is 79.9. The molecular formula is C21H22BrClF3N3O4. The second kappa shape index (κ2) is 12.1. The fourth-order valence-corrected chi connectivity index (χ4v) is 3.72. The number of nitrogens with zero attached hydrogens (tertiary/aromatic N) is 1. The van der Waals surface area contributed by atoms with Gasteiger partial charge in [0, 0.05) is 25.7 Å². The van der Waals surface area contributed by atoms with Crippen LogP contribution in [0.1, 0.15) is 23.4 Å². The summed E-state index contributed by atoms with van der Waals surface area (Å²) in [6.45, 7) is 6.30. The first-order valence-electron chi connectivity index (χ1n) is 9.77. The van der Waals surface area contributed by atoms with Crippen LogP contribution in [0.4, 0.5) is 24.5 Å². The summed E-state index contributed by atoms with van der Waals surface area (Å²) in [7, 11) is 0. The van der Waals surface area contributed by atoms with Gasteiger partial charge in [-0.1, -0.05) is 23.7 Å². The number of halogens is 5. The zero-order valence-electron chi connectivity index (χ0n) is 17.3. The van der Waals surface area contributed by atoms with E-state index < -0.39 is 12.1 Å². The van der Waals surface area contributed by atoms with E-state index >= 15 is 0 Å². The molecule has 33 heavy (non-hydrogen) atoms. The molecule has 3 rings (SSSR count). The fourth-order valence-electron chi connectivity index (χ4n) is 3.12. The number of aliphatic carboxylic acids is 1. The summed E-state index contributed by atoms with van der Waals surface area (Å²) in [5.41, 5.74) is 1.54. The Morgan fingerprint density at radius 2 is 1.91 bits per heavy atom. The van der Waals surface area contributed by atoms with Crippen molar-refractivity contribution >= 4 is 50.8 Å². The maximum absolute atomic E-state index is 12.4. The lowest BCUT2D eigenvalue weighted by Gasteiger charge is -2.35. The summed E-state index contributed by atoms with van der Waals surface area (Å²) in [5.74, 6) is -2.82. The van der Waals surface area contributed by atoms with E-state index in [0.717, 1.165) is 38.2 Å². The Morgan fingerprint density at radius 3 is 2.42 bits per heavy atom. The molecule has 180 valence electrons. The second-order valence-electron chi connectivity index (χ2n) is 6.96. The molecule has 1 aliphatic rings. The summed E-state index contributed by atoms with van der Waals surface area (Å²) in [4.78, 5) is 23.6. The number of carboxylic acid groups (broad SMARTS) is 1. The fraction of sp³-hybridized carbons (Fsp3) is 0.333. The first-order chi connectivity index (χ1) is 15.5. The minimum Gasteiger partial charge on any atom is -0.475 e. The predicted molar refractivity (Wildman–Crippen MR) is 123 cm³/mol. The van der Waals surface area contributed by atoms with Gasteiger partial charge in [-0.15, -0.1) is 6.58 Å². The van der Waals surface area contributed by atoms with Gasteiger partial charge in [-0.05, 0) is 53.0 Å². The number of alkyl halides is 3. The van der Waals surface area contributed by atoms with Crippen molar-refractivity contribution in [1.82, 2.24) is 5.32 Å². The number of carbonyl (C=O) groups is 2. The second-order valence-corrected chi connectivity index (χ2v) is 8.14. The average molecular weight is 553 g/mol. The number of piperidine rings is 1. The smallest absolute Gasteiger partial charge is 0.475 e. The van der Waals surface area contributed by atoms with Crippen molar-refractivity contribution in [3.63, 3.8) is 0 Å². The molecule has 1 aromatic carbocycles. The molecule has 0 aliphatic carbocycles. The molecule has 0 bridgehead atoms. The Labute approximate surface area is 201 Å². The number of rotatable bonds is 6. The van der Waals surface area contributed by atoms with E-state index in [1.165, 1.54) is 0 Å². The van der Waals surface area contributed by atoms with E-state index in [2.05, 4.69) is 38.0 Å². The molecule has 7 nitrogen and oxygen atoms in total. The lowest BCUT2D eigenvalue weighted by atomic mass is 10.0. The van der Waals surface area contributed by atoms with Gasteiger partial charge in [-0.25, -0.2) is 4.79 Å². The highest BCUT2D eigenvalue weighted by Crippen LogP contribution is 2.36. The molecule has 0 spiro atoms. The molecule has 0 unspecified atom stereocenters. The quantitative estimate of drug-likeness (QED) is 0.420. The van der Waals surface area contributed by atoms with Crippen molar-refractivity contribution < 1.29 is 32.3 Å². The Bertz CT molecular complexity index is 976. The van der Waals surface area contributed by atoms with Crippen LogP contribution in [0.5, 0.6) is 0 Å². The number of nitrogens with one attached hydrogen (secondary N) is 2. The van der Waals surface area contributed by atoms with Crippen LogP contribution in [0.25, 0.3) is 0 Å². The van der Waals surface area contributed by atoms with Gasteiger partial charge in [0.15, 0.2) is 10.4 Å². The summed E-state index contributed by atoms with van der Waals surface area (Å²) < 4.78 is 37.6. The van der Waals surface area contributed by atoms with E-state index in [9.17, 15) is 18.0 Å². The molecule has 0 radical (unpaired) electrons. The van der Waals surface area contributed by atoms with Crippen LogP contribution in [-0.2, 0) is 4.79 Å². The molecule has 2 heterocycles. The number of benzene rings is 1. The molecule has 2 aromatic rings. The number of amides is 1. The topological polar surface area (TPSA) is 94.8 Å². The number of hydrogen-bond acceptors (Lipinski definition) is 5. The Hall–Kier alpha value is -2.50. The largest absolute Gasteiger partial charge is 0.490 e. The molecule has 1 aromatic heterocycles. The molecule has 3 N–H and O–H groups in total. The number of carbonyl (C=O) groups excluding carboxylic acids is 1. The van der Waals surface area contributed by atoms with Gasteiger partial charge in [-0.3, -0.25) is 4.79 Å². The maximum Gasteiger partial charge on any atom is 0.490 e. The van der Waals surface area contributed by atoms with E-state index in [0.29, 0.717) is 21.4 Å². The summed E-state index contributed by atoms with van der Waals surface area (Å²) in [5, 5.41) is 14.1. The van der Waals surface area contributed by atoms with E-state index in [1.807, 2.05) is 24.3 Å². The molecule has 12 heteroatoms. The molecule has 0 saturated carbocycles. The third-order valence-electron chi connectivity index (χ3n) is 4.64. The summed E-state index contributed by atoms with van der Waals surface area (Å²) >= 11 is 9.67. The summed E-state index contributed by atoms with van der Waals surface area (Å²) in [6.07, 6.45) is -1.18. The van der Waals surface area contributed by atoms with Crippen molar-refractivity contribution in [1.29, 1.82) is 0 Å². The monoisotopic (exact) mass is 551 g/mol.